The Labute approximate surface area is 175 Å². The minimum Gasteiger partial charge on any atom is -0.393 e. The van der Waals surface area contributed by atoms with Crippen LogP contribution in [0.4, 0.5) is 13.2 Å². The van der Waals surface area contributed by atoms with Crippen LogP contribution >= 0.6 is 12.6 Å². The van der Waals surface area contributed by atoms with Crippen molar-refractivity contribution in [1.82, 2.24) is 15.5 Å². The first-order valence-corrected chi connectivity index (χ1v) is 9.80. The van der Waals surface area contributed by atoms with Crippen molar-refractivity contribution in [3.63, 3.8) is 0 Å². The molecule has 0 amide bonds. The Hall–Kier alpha value is -2.35. The maximum Gasteiger partial charge on any atom is 0.393 e. The molecule has 1 heterocycles. The molecular weight excluding hydrogens is 397 g/mol. The van der Waals surface area contributed by atoms with Gasteiger partial charge in [0, 0.05) is 18.9 Å². The van der Waals surface area contributed by atoms with Crippen molar-refractivity contribution in [1.29, 1.82) is 0 Å². The van der Waals surface area contributed by atoms with Crippen LogP contribution in [0.2, 0.25) is 0 Å². The lowest BCUT2D eigenvalue weighted by Gasteiger charge is -2.33. The number of aliphatic imine (C=N–C) groups is 1. The van der Waals surface area contributed by atoms with Gasteiger partial charge in [-0.25, -0.2) is 0 Å². The number of nitrogens with zero attached hydrogens (tertiary/aromatic N) is 2. The van der Waals surface area contributed by atoms with Gasteiger partial charge < -0.3 is 15.5 Å². The van der Waals surface area contributed by atoms with E-state index in [-0.39, 0.29) is 6.54 Å². The Morgan fingerprint density at radius 3 is 2.83 bits per heavy atom. The summed E-state index contributed by atoms with van der Waals surface area (Å²) in [5.41, 5.74) is 2.56. The number of hydrogen-bond acceptors (Lipinski definition) is 4. The Kier molecular flexibility index (Phi) is 8.25. The molecule has 0 aromatic carbocycles. The lowest BCUT2D eigenvalue weighted by Crippen LogP contribution is -2.42. The summed E-state index contributed by atoms with van der Waals surface area (Å²) >= 11 is 4.63. The third-order valence-corrected chi connectivity index (χ3v) is 4.91. The smallest absolute Gasteiger partial charge is 0.393 e. The van der Waals surface area contributed by atoms with Crippen molar-refractivity contribution in [3.8, 4) is 0 Å². The average Bonchev–Trinajstić information content (AvgIpc) is 2.94. The van der Waals surface area contributed by atoms with Crippen LogP contribution in [0.3, 0.4) is 0 Å². The van der Waals surface area contributed by atoms with Gasteiger partial charge in [0.15, 0.2) is 0 Å². The van der Waals surface area contributed by atoms with Gasteiger partial charge in [0.2, 0.25) is 0 Å². The normalized spacial score (nSPS) is 20.8. The van der Waals surface area contributed by atoms with Crippen LogP contribution in [0.1, 0.15) is 20.3 Å². The number of hydrogen-bond donors (Lipinski definition) is 3. The number of alkyl halides is 3. The Morgan fingerprint density at radius 2 is 2.14 bits per heavy atom. The molecule has 158 valence electrons. The first kappa shape index (κ1) is 22.9. The van der Waals surface area contributed by atoms with E-state index in [4.69, 9.17) is 0 Å². The molecule has 0 aromatic heterocycles. The van der Waals surface area contributed by atoms with Crippen molar-refractivity contribution in [2.24, 2.45) is 10.9 Å². The number of nitrogens with one attached hydrogen (secondary N) is 2. The largest absolute Gasteiger partial charge is 0.393 e. The molecule has 8 heteroatoms. The minimum absolute atomic E-state index is 0.316. The molecule has 1 atom stereocenters. The van der Waals surface area contributed by atoms with E-state index in [2.05, 4.69) is 40.4 Å². The summed E-state index contributed by atoms with van der Waals surface area (Å²) in [7, 11) is 1.78. The third kappa shape index (κ3) is 6.88. The maximum atomic E-state index is 12.8. The number of halogens is 3. The number of thiol groups is 1. The predicted octanol–water partition coefficient (Wildman–Crippen LogP) is 4.67. The van der Waals surface area contributed by atoms with Gasteiger partial charge in [-0.15, -0.1) is 12.6 Å². The van der Waals surface area contributed by atoms with Crippen molar-refractivity contribution in [2.75, 3.05) is 20.1 Å². The molecular formula is C21H27F3N4S. The fourth-order valence-corrected chi connectivity index (χ4v) is 3.00. The molecule has 2 N–H and O–H groups in total. The van der Waals surface area contributed by atoms with Gasteiger partial charge in [-0.2, -0.15) is 13.2 Å². The fourth-order valence-electron chi connectivity index (χ4n) is 2.64. The monoisotopic (exact) mass is 424 g/mol. The topological polar surface area (TPSA) is 39.7 Å². The minimum atomic E-state index is -4.26. The van der Waals surface area contributed by atoms with Gasteiger partial charge in [-0.05, 0) is 25.0 Å². The molecule has 0 aromatic rings. The van der Waals surface area contributed by atoms with E-state index in [1.807, 2.05) is 42.2 Å². The maximum absolute atomic E-state index is 12.8. The van der Waals surface area contributed by atoms with Crippen LogP contribution in [0.25, 0.3) is 0 Å². The zero-order valence-electron chi connectivity index (χ0n) is 16.8. The van der Waals surface area contributed by atoms with Gasteiger partial charge in [-0.1, -0.05) is 43.4 Å². The fraction of sp³-hybridized carbons (Fsp3) is 0.381. The van der Waals surface area contributed by atoms with Crippen LogP contribution in [-0.2, 0) is 0 Å². The third-order valence-electron chi connectivity index (χ3n) is 4.43. The quantitative estimate of drug-likeness (QED) is 0.543. The van der Waals surface area contributed by atoms with Crippen molar-refractivity contribution >= 4 is 18.5 Å². The summed E-state index contributed by atoms with van der Waals surface area (Å²) in [5, 5.41) is 6.76. The molecule has 29 heavy (non-hydrogen) atoms. The molecule has 2 rings (SSSR count). The summed E-state index contributed by atoms with van der Waals surface area (Å²) in [4.78, 5) is 6.08. The highest BCUT2D eigenvalue weighted by molar-refractivity contribution is 7.84. The van der Waals surface area contributed by atoms with E-state index in [1.165, 1.54) is 0 Å². The zero-order valence-corrected chi connectivity index (χ0v) is 17.7. The van der Waals surface area contributed by atoms with Crippen LogP contribution in [0.5, 0.6) is 0 Å². The molecule has 4 nitrogen and oxygen atoms in total. The van der Waals surface area contributed by atoms with Gasteiger partial charge in [0.25, 0.3) is 0 Å². The van der Waals surface area contributed by atoms with Crippen LogP contribution < -0.4 is 10.6 Å². The summed E-state index contributed by atoms with van der Waals surface area (Å²) in [6, 6.07) is 0. The second kappa shape index (κ2) is 10.4. The number of amidine groups is 1. The lowest BCUT2D eigenvalue weighted by molar-refractivity contribution is -0.166. The van der Waals surface area contributed by atoms with Gasteiger partial charge >= 0.3 is 6.18 Å². The molecule has 2 aliphatic rings. The van der Waals surface area contributed by atoms with E-state index >= 15 is 0 Å². The Balaban J connectivity index is 2.30. The number of rotatable bonds is 6. The van der Waals surface area contributed by atoms with Gasteiger partial charge in [-0.3, -0.25) is 4.99 Å². The van der Waals surface area contributed by atoms with E-state index in [1.54, 1.807) is 13.2 Å². The highest BCUT2D eigenvalue weighted by Gasteiger charge is 2.35. The molecule has 0 saturated heterocycles. The zero-order chi connectivity index (χ0) is 21.4. The summed E-state index contributed by atoms with van der Waals surface area (Å²) in [5.74, 6) is -1.04. The van der Waals surface area contributed by atoms with E-state index in [9.17, 15) is 13.2 Å². The summed E-state index contributed by atoms with van der Waals surface area (Å²) in [6.07, 6.45) is 12.3. The van der Waals surface area contributed by atoms with E-state index < -0.39 is 12.1 Å². The molecule has 1 aliphatic heterocycles. The van der Waals surface area contributed by atoms with Crippen LogP contribution in [0, 0.1) is 5.92 Å². The van der Waals surface area contributed by atoms with Gasteiger partial charge in [0.1, 0.15) is 5.84 Å². The summed E-state index contributed by atoms with van der Waals surface area (Å²) in [6.45, 7) is 3.02. The molecule has 1 aliphatic carbocycles. The van der Waals surface area contributed by atoms with E-state index in [0.29, 0.717) is 23.1 Å². The highest BCUT2D eigenvalue weighted by atomic mass is 32.1. The van der Waals surface area contributed by atoms with Crippen molar-refractivity contribution in [3.05, 3.63) is 70.7 Å². The first-order valence-electron chi connectivity index (χ1n) is 9.35. The van der Waals surface area contributed by atoms with Gasteiger partial charge in [0.05, 0.1) is 29.7 Å². The van der Waals surface area contributed by atoms with E-state index in [0.717, 1.165) is 24.6 Å². The molecule has 0 radical (unpaired) electrons. The Bertz CT molecular complexity index is 801. The van der Waals surface area contributed by atoms with Crippen molar-refractivity contribution < 1.29 is 13.2 Å². The highest BCUT2D eigenvalue weighted by Crippen LogP contribution is 2.27. The lowest BCUT2D eigenvalue weighted by atomic mass is 10.1. The van der Waals surface area contributed by atoms with Crippen LogP contribution in [-0.4, -0.2) is 37.0 Å². The second-order valence-electron chi connectivity index (χ2n) is 6.82. The molecule has 1 unspecified atom stereocenters. The van der Waals surface area contributed by atoms with Crippen LogP contribution in [0.15, 0.2) is 75.7 Å². The molecule has 0 spiro atoms. The average molecular weight is 425 g/mol. The van der Waals surface area contributed by atoms with Crippen molar-refractivity contribution in [2.45, 2.75) is 26.4 Å². The Morgan fingerprint density at radius 1 is 1.38 bits per heavy atom. The predicted molar refractivity (Wildman–Crippen MR) is 116 cm³/mol. The number of allylic oxidation sites excluding steroid dienone is 9. The SMILES string of the molecule is CN/C=C(/C)N1CC(=NCC(C)C(F)(F)F)NC(/C=C/C2=CC=CCC=C2)=C1S. The summed E-state index contributed by atoms with van der Waals surface area (Å²) < 4.78 is 38.5. The molecule has 0 saturated carbocycles. The molecule has 0 fully saturated rings. The molecule has 0 bridgehead atoms. The standard InChI is InChI=1S/C21H27F3N4S/c1-15(21(22,23)24)12-26-19-14-28(16(2)13-25-3)20(29)18(27-19)11-10-17-8-6-4-5-7-9-17/h4,6-11,13,15,25,29H,5,12,14H2,1-3H3,(H,26,27)/b11-10+,16-13-. The first-order chi connectivity index (χ1) is 13.7. The second-order valence-corrected chi connectivity index (χ2v) is 7.24.